The van der Waals surface area contributed by atoms with Crippen LogP contribution in [0.4, 0.5) is 0 Å². The standard InChI is InChI=1S/C29H33N3O3/c1-4-5-14-25(33)19-31(20-27-16-10-17-34-27)21-28-23(3)30-32(24-12-7-6-8-13-24)29(28)35-26-15-9-11-22(2)18-26/h4,6-13,15-18,25,33H,1,5,14,19-21H2,2-3H3/t25-/m1/s1. The smallest absolute Gasteiger partial charge is 0.227 e. The molecular weight excluding hydrogens is 438 g/mol. The Morgan fingerprint density at radius 3 is 2.63 bits per heavy atom. The predicted octanol–water partition coefficient (Wildman–Crippen LogP) is 6.20. The van der Waals surface area contributed by atoms with Gasteiger partial charge in [0.15, 0.2) is 0 Å². The van der Waals surface area contributed by atoms with Gasteiger partial charge in [0.2, 0.25) is 5.88 Å². The Balaban J connectivity index is 1.69. The molecule has 0 unspecified atom stereocenters. The molecule has 4 rings (SSSR count). The van der Waals surface area contributed by atoms with Crippen molar-refractivity contribution in [3.63, 3.8) is 0 Å². The van der Waals surface area contributed by atoms with Gasteiger partial charge < -0.3 is 14.3 Å². The number of allylic oxidation sites excluding steroid dienone is 1. The van der Waals surface area contributed by atoms with Crippen LogP contribution in [0.25, 0.3) is 5.69 Å². The lowest BCUT2D eigenvalue weighted by Gasteiger charge is -2.24. The average Bonchev–Trinajstić information content (AvgIpc) is 3.47. The lowest BCUT2D eigenvalue weighted by molar-refractivity contribution is 0.0939. The molecule has 6 nitrogen and oxygen atoms in total. The van der Waals surface area contributed by atoms with Gasteiger partial charge >= 0.3 is 0 Å². The number of hydrogen-bond acceptors (Lipinski definition) is 5. The van der Waals surface area contributed by atoms with Crippen LogP contribution >= 0.6 is 0 Å². The van der Waals surface area contributed by atoms with E-state index < -0.39 is 6.10 Å². The van der Waals surface area contributed by atoms with E-state index in [2.05, 4.69) is 11.5 Å². The number of hydrogen-bond donors (Lipinski definition) is 1. The van der Waals surface area contributed by atoms with Gasteiger partial charge in [-0.2, -0.15) is 5.10 Å². The largest absolute Gasteiger partial charge is 0.468 e. The molecule has 4 aromatic rings. The molecule has 0 fully saturated rings. The highest BCUT2D eigenvalue weighted by Crippen LogP contribution is 2.32. The summed E-state index contributed by atoms with van der Waals surface area (Å²) in [4.78, 5) is 2.18. The second kappa shape index (κ2) is 11.7. The van der Waals surface area contributed by atoms with Crippen LogP contribution in [0.1, 0.15) is 35.4 Å². The summed E-state index contributed by atoms with van der Waals surface area (Å²) in [5.74, 6) is 2.27. The van der Waals surface area contributed by atoms with Gasteiger partial charge in [0, 0.05) is 13.1 Å². The number of nitrogens with zero attached hydrogens (tertiary/aromatic N) is 3. The van der Waals surface area contributed by atoms with Crippen molar-refractivity contribution >= 4 is 0 Å². The first-order valence-electron chi connectivity index (χ1n) is 12.0. The van der Waals surface area contributed by atoms with Gasteiger partial charge in [-0.3, -0.25) is 4.90 Å². The van der Waals surface area contributed by atoms with E-state index in [0.29, 0.717) is 31.9 Å². The SMILES string of the molecule is C=CCC[C@@H](O)CN(Cc1ccco1)Cc1c(C)nn(-c2ccccc2)c1Oc1cccc(C)c1. The van der Waals surface area contributed by atoms with E-state index in [4.69, 9.17) is 14.3 Å². The summed E-state index contributed by atoms with van der Waals surface area (Å²) in [5.41, 5.74) is 3.89. The van der Waals surface area contributed by atoms with Crippen LogP contribution in [0.3, 0.4) is 0 Å². The minimum atomic E-state index is -0.478. The van der Waals surface area contributed by atoms with Crippen LogP contribution in [0, 0.1) is 13.8 Å². The quantitative estimate of drug-likeness (QED) is 0.249. The Labute approximate surface area is 207 Å². The fourth-order valence-electron chi connectivity index (χ4n) is 4.09. The molecule has 0 bridgehead atoms. The Morgan fingerprint density at radius 2 is 1.91 bits per heavy atom. The van der Waals surface area contributed by atoms with Crippen LogP contribution in [-0.4, -0.2) is 32.4 Å². The zero-order valence-corrected chi connectivity index (χ0v) is 20.4. The number of aromatic nitrogens is 2. The van der Waals surface area contributed by atoms with E-state index in [9.17, 15) is 5.11 Å². The molecule has 2 aromatic carbocycles. The van der Waals surface area contributed by atoms with Crippen molar-refractivity contribution in [3.05, 3.63) is 108 Å². The third-order valence-corrected chi connectivity index (χ3v) is 5.86. The number of aryl methyl sites for hydroxylation is 2. The Bertz CT molecular complexity index is 1220. The van der Waals surface area contributed by atoms with Crippen LogP contribution < -0.4 is 4.74 Å². The van der Waals surface area contributed by atoms with E-state index in [1.807, 2.05) is 91.3 Å². The molecule has 0 aliphatic rings. The molecule has 2 heterocycles. The zero-order valence-electron chi connectivity index (χ0n) is 20.4. The first-order valence-corrected chi connectivity index (χ1v) is 12.0. The van der Waals surface area contributed by atoms with E-state index in [-0.39, 0.29) is 0 Å². The number of benzene rings is 2. The highest BCUT2D eigenvalue weighted by Gasteiger charge is 2.23. The molecule has 6 heteroatoms. The monoisotopic (exact) mass is 471 g/mol. The van der Waals surface area contributed by atoms with Gasteiger partial charge in [-0.15, -0.1) is 6.58 Å². The van der Waals surface area contributed by atoms with Gasteiger partial charge in [0.05, 0.1) is 35.9 Å². The molecule has 182 valence electrons. The van der Waals surface area contributed by atoms with Crippen molar-refractivity contribution < 1.29 is 14.3 Å². The number of rotatable bonds is 12. The Kier molecular flexibility index (Phi) is 8.19. The number of aliphatic hydroxyl groups excluding tert-OH is 1. The van der Waals surface area contributed by atoms with E-state index in [1.165, 1.54) is 0 Å². The molecule has 0 radical (unpaired) electrons. The van der Waals surface area contributed by atoms with Crippen LogP contribution in [0.15, 0.2) is 90.1 Å². The molecule has 1 atom stereocenters. The third-order valence-electron chi connectivity index (χ3n) is 5.86. The second-order valence-corrected chi connectivity index (χ2v) is 8.80. The molecule has 35 heavy (non-hydrogen) atoms. The number of para-hydroxylation sites is 1. The van der Waals surface area contributed by atoms with Gasteiger partial charge in [-0.25, -0.2) is 4.68 Å². The summed E-state index contributed by atoms with van der Waals surface area (Å²) >= 11 is 0. The highest BCUT2D eigenvalue weighted by atomic mass is 16.5. The van der Waals surface area contributed by atoms with E-state index in [0.717, 1.165) is 40.4 Å². The molecule has 1 N–H and O–H groups in total. The zero-order chi connectivity index (χ0) is 24.6. The lowest BCUT2D eigenvalue weighted by Crippen LogP contribution is -2.32. The molecule has 0 aliphatic heterocycles. The maximum absolute atomic E-state index is 10.7. The van der Waals surface area contributed by atoms with Gasteiger partial charge in [0.1, 0.15) is 11.5 Å². The maximum Gasteiger partial charge on any atom is 0.227 e. The summed E-state index contributed by atoms with van der Waals surface area (Å²) < 4.78 is 13.9. The normalized spacial score (nSPS) is 12.1. The van der Waals surface area contributed by atoms with Crippen molar-refractivity contribution in [1.82, 2.24) is 14.7 Å². The average molecular weight is 472 g/mol. The first kappa shape index (κ1) is 24.5. The third kappa shape index (κ3) is 6.50. The molecule has 0 saturated heterocycles. The summed E-state index contributed by atoms with van der Waals surface area (Å²) in [7, 11) is 0. The highest BCUT2D eigenvalue weighted by molar-refractivity contribution is 5.43. The predicted molar refractivity (Wildman–Crippen MR) is 138 cm³/mol. The van der Waals surface area contributed by atoms with Crippen molar-refractivity contribution in [2.45, 2.75) is 45.9 Å². The lowest BCUT2D eigenvalue weighted by atomic mass is 10.1. The summed E-state index contributed by atoms with van der Waals surface area (Å²) in [5, 5.41) is 15.5. The number of aliphatic hydroxyl groups is 1. The Morgan fingerprint density at radius 1 is 1.09 bits per heavy atom. The van der Waals surface area contributed by atoms with E-state index in [1.54, 1.807) is 6.26 Å². The topological polar surface area (TPSA) is 63.7 Å². The van der Waals surface area contributed by atoms with Gasteiger partial charge in [-0.05, 0) is 68.7 Å². The fraction of sp³-hybridized carbons (Fsp3) is 0.276. The molecule has 2 aromatic heterocycles. The van der Waals surface area contributed by atoms with Crippen LogP contribution in [-0.2, 0) is 13.1 Å². The van der Waals surface area contributed by atoms with Crippen molar-refractivity contribution in [3.8, 4) is 17.3 Å². The van der Waals surface area contributed by atoms with Crippen LogP contribution in [0.5, 0.6) is 11.6 Å². The molecule has 0 aliphatic carbocycles. The maximum atomic E-state index is 10.7. The van der Waals surface area contributed by atoms with E-state index >= 15 is 0 Å². The van der Waals surface area contributed by atoms with Crippen molar-refractivity contribution in [1.29, 1.82) is 0 Å². The second-order valence-electron chi connectivity index (χ2n) is 8.80. The van der Waals surface area contributed by atoms with Gasteiger partial charge in [-0.1, -0.05) is 36.4 Å². The Hall–Kier alpha value is -3.61. The van der Waals surface area contributed by atoms with Crippen molar-refractivity contribution in [2.75, 3.05) is 6.54 Å². The molecule has 0 spiro atoms. The summed E-state index contributed by atoms with van der Waals surface area (Å²) in [6, 6.07) is 21.8. The number of furan rings is 1. The molecule has 0 saturated carbocycles. The van der Waals surface area contributed by atoms with Crippen molar-refractivity contribution in [2.24, 2.45) is 0 Å². The minimum absolute atomic E-state index is 0.478. The molecule has 0 amide bonds. The summed E-state index contributed by atoms with van der Waals surface area (Å²) in [6.45, 7) is 9.43. The minimum Gasteiger partial charge on any atom is -0.468 e. The fourth-order valence-corrected chi connectivity index (χ4v) is 4.09. The van der Waals surface area contributed by atoms with Gasteiger partial charge in [0.25, 0.3) is 0 Å². The summed E-state index contributed by atoms with van der Waals surface area (Å²) in [6.07, 6.45) is 4.46. The van der Waals surface area contributed by atoms with Crippen LogP contribution in [0.2, 0.25) is 0 Å². The first-order chi connectivity index (χ1) is 17.0. The number of ether oxygens (including phenoxy) is 1. The molecular formula is C29H33N3O3.